The number of hydrogen-bond acceptors (Lipinski definition) is 6. The highest BCUT2D eigenvalue weighted by Crippen LogP contribution is 2.29. The van der Waals surface area contributed by atoms with E-state index in [9.17, 15) is 18.0 Å². The normalized spacial score (nSPS) is 17.6. The van der Waals surface area contributed by atoms with Gasteiger partial charge in [-0.15, -0.1) is 0 Å². The van der Waals surface area contributed by atoms with Crippen molar-refractivity contribution in [3.63, 3.8) is 0 Å². The highest BCUT2D eigenvalue weighted by atomic mass is 32.2. The largest absolute Gasteiger partial charge is 0.468 e. The van der Waals surface area contributed by atoms with E-state index in [2.05, 4.69) is 10.6 Å². The first-order valence-electron chi connectivity index (χ1n) is 9.39. The van der Waals surface area contributed by atoms with Crippen LogP contribution in [0.25, 0.3) is 0 Å². The highest BCUT2D eigenvalue weighted by Gasteiger charge is 2.32. The fourth-order valence-corrected chi connectivity index (χ4v) is 4.67. The third-order valence-electron chi connectivity index (χ3n) is 4.75. The van der Waals surface area contributed by atoms with Crippen LogP contribution in [0, 0.1) is 6.92 Å². The molecule has 2 amide bonds. The fourth-order valence-electron chi connectivity index (χ4n) is 3.09. The summed E-state index contributed by atoms with van der Waals surface area (Å²) in [6.45, 7) is 2.45. The number of sulfone groups is 1. The van der Waals surface area contributed by atoms with Crippen LogP contribution in [0.1, 0.15) is 29.4 Å². The number of carbonyl (C=O) groups excluding carboxylic acids is 2. The van der Waals surface area contributed by atoms with Gasteiger partial charge in [-0.1, -0.05) is 17.7 Å². The predicted octanol–water partition coefficient (Wildman–Crippen LogP) is 1.51. The van der Waals surface area contributed by atoms with E-state index in [0.717, 1.165) is 18.4 Å². The molecule has 29 heavy (non-hydrogen) atoms. The first-order chi connectivity index (χ1) is 13.9. The molecular weight excluding hydrogens is 396 g/mol. The van der Waals surface area contributed by atoms with Crippen LogP contribution >= 0.6 is 0 Å². The van der Waals surface area contributed by atoms with Gasteiger partial charge in [-0.2, -0.15) is 0 Å². The zero-order valence-electron chi connectivity index (χ0n) is 16.1. The maximum Gasteiger partial charge on any atom is 0.309 e. The van der Waals surface area contributed by atoms with E-state index >= 15 is 0 Å². The van der Waals surface area contributed by atoms with Gasteiger partial charge in [0.2, 0.25) is 0 Å². The molecule has 3 rings (SSSR count). The average Bonchev–Trinajstić information content (AvgIpc) is 3.40. The number of furan rings is 1. The number of nitrogens with one attached hydrogen (secondary N) is 2. The van der Waals surface area contributed by atoms with Crippen molar-refractivity contribution in [2.45, 2.75) is 36.0 Å². The molecule has 1 aliphatic rings. The molecule has 0 bridgehead atoms. The molecule has 2 N–H and O–H groups in total. The zero-order valence-corrected chi connectivity index (χ0v) is 16.9. The highest BCUT2D eigenvalue weighted by molar-refractivity contribution is 7.91. The van der Waals surface area contributed by atoms with Crippen molar-refractivity contribution in [1.29, 1.82) is 0 Å². The van der Waals surface area contributed by atoms with E-state index in [0.29, 0.717) is 6.61 Å². The summed E-state index contributed by atoms with van der Waals surface area (Å²) < 4.78 is 36.9. The minimum absolute atomic E-state index is 0.0930. The van der Waals surface area contributed by atoms with Crippen molar-refractivity contribution in [3.8, 4) is 0 Å². The van der Waals surface area contributed by atoms with Crippen LogP contribution in [-0.4, -0.2) is 46.0 Å². The number of carbonyl (C=O) groups is 2. The monoisotopic (exact) mass is 420 g/mol. The van der Waals surface area contributed by atoms with Crippen LogP contribution in [0.3, 0.4) is 0 Å². The molecule has 2 aromatic rings. The second kappa shape index (κ2) is 9.23. The van der Waals surface area contributed by atoms with Gasteiger partial charge in [-0.3, -0.25) is 9.59 Å². The minimum atomic E-state index is -3.85. The molecule has 156 valence electrons. The lowest BCUT2D eigenvalue weighted by Gasteiger charge is -2.17. The summed E-state index contributed by atoms with van der Waals surface area (Å²) >= 11 is 0. The lowest BCUT2D eigenvalue weighted by atomic mass is 10.2. The van der Waals surface area contributed by atoms with Crippen molar-refractivity contribution in [3.05, 3.63) is 54.0 Å². The molecule has 2 heterocycles. The Morgan fingerprint density at radius 2 is 1.86 bits per heavy atom. The van der Waals surface area contributed by atoms with E-state index in [4.69, 9.17) is 9.15 Å². The Kier molecular flexibility index (Phi) is 6.71. The molecule has 0 spiro atoms. The van der Waals surface area contributed by atoms with Crippen molar-refractivity contribution in [2.24, 2.45) is 0 Å². The predicted molar refractivity (Wildman–Crippen MR) is 105 cm³/mol. The summed E-state index contributed by atoms with van der Waals surface area (Å²) in [6.07, 6.45) is 3.03. The van der Waals surface area contributed by atoms with Gasteiger partial charge in [0.05, 0.1) is 17.3 Å². The first kappa shape index (κ1) is 21.1. The zero-order chi connectivity index (χ0) is 20.9. The number of rotatable bonds is 7. The Bertz CT molecular complexity index is 932. The standard InChI is InChI=1S/C20H24N2O6S/c1-14-6-8-16(9-7-14)29(25,26)18(17-5-3-11-28-17)13-22-20(24)19(23)21-12-15-4-2-10-27-15/h3,5-9,11,15,18H,2,4,10,12-13H2,1H3,(H,21,23)(H,22,24)/t15-,18+/m0/s1. The van der Waals surface area contributed by atoms with E-state index in [-0.39, 0.29) is 29.8 Å². The summed E-state index contributed by atoms with van der Waals surface area (Å²) in [5, 5.41) is 3.76. The third kappa shape index (κ3) is 5.24. The summed E-state index contributed by atoms with van der Waals surface area (Å²) in [7, 11) is -3.85. The van der Waals surface area contributed by atoms with E-state index in [1.807, 2.05) is 6.92 Å². The Hall–Kier alpha value is -2.65. The maximum absolute atomic E-state index is 13.1. The number of amides is 2. The van der Waals surface area contributed by atoms with Crippen LogP contribution in [0.2, 0.25) is 0 Å². The Morgan fingerprint density at radius 3 is 2.48 bits per heavy atom. The van der Waals surface area contributed by atoms with Crippen molar-refractivity contribution in [1.82, 2.24) is 10.6 Å². The minimum Gasteiger partial charge on any atom is -0.468 e. The number of ether oxygens (including phenoxy) is 1. The number of aryl methyl sites for hydroxylation is 1. The second-order valence-corrected chi connectivity index (χ2v) is 9.05. The van der Waals surface area contributed by atoms with Crippen molar-refractivity contribution >= 4 is 21.7 Å². The second-order valence-electron chi connectivity index (χ2n) is 6.92. The van der Waals surface area contributed by atoms with Gasteiger partial charge in [0.15, 0.2) is 9.84 Å². The van der Waals surface area contributed by atoms with E-state index in [1.165, 1.54) is 24.5 Å². The lowest BCUT2D eigenvalue weighted by molar-refractivity contribution is -0.139. The van der Waals surface area contributed by atoms with Gasteiger partial charge in [0, 0.05) is 19.7 Å². The summed E-state index contributed by atoms with van der Waals surface area (Å²) in [5.41, 5.74) is 0.926. The van der Waals surface area contributed by atoms with Crippen molar-refractivity contribution in [2.75, 3.05) is 19.7 Å². The molecule has 2 atom stereocenters. The Balaban J connectivity index is 1.67. The quantitative estimate of drug-likeness (QED) is 0.657. The Morgan fingerprint density at radius 1 is 1.14 bits per heavy atom. The van der Waals surface area contributed by atoms with Gasteiger partial charge in [0.25, 0.3) is 0 Å². The van der Waals surface area contributed by atoms with E-state index < -0.39 is 26.9 Å². The molecule has 1 fully saturated rings. The van der Waals surface area contributed by atoms with Crippen LogP contribution in [-0.2, 0) is 24.2 Å². The fraction of sp³-hybridized carbons (Fsp3) is 0.400. The SMILES string of the molecule is Cc1ccc(S(=O)(=O)[C@H](CNC(=O)C(=O)NC[C@@H]2CCCO2)c2ccco2)cc1. The van der Waals surface area contributed by atoms with Crippen molar-refractivity contribution < 1.29 is 27.2 Å². The van der Waals surface area contributed by atoms with Crippen LogP contribution in [0.15, 0.2) is 52.0 Å². The van der Waals surface area contributed by atoms with Crippen LogP contribution < -0.4 is 10.6 Å². The maximum atomic E-state index is 13.1. The van der Waals surface area contributed by atoms with Crippen LogP contribution in [0.5, 0.6) is 0 Å². The molecule has 0 saturated carbocycles. The molecule has 1 aromatic heterocycles. The van der Waals surface area contributed by atoms with Gasteiger partial charge in [-0.25, -0.2) is 8.42 Å². The summed E-state index contributed by atoms with van der Waals surface area (Å²) in [6, 6.07) is 9.52. The van der Waals surface area contributed by atoms with Gasteiger partial charge in [-0.05, 0) is 44.0 Å². The first-order valence-corrected chi connectivity index (χ1v) is 10.9. The summed E-state index contributed by atoms with van der Waals surface area (Å²) in [5.74, 6) is -1.55. The molecule has 0 aliphatic carbocycles. The van der Waals surface area contributed by atoms with Gasteiger partial charge in [0.1, 0.15) is 11.0 Å². The lowest BCUT2D eigenvalue weighted by Crippen LogP contribution is -2.44. The molecule has 0 radical (unpaired) electrons. The summed E-state index contributed by atoms with van der Waals surface area (Å²) in [4.78, 5) is 24.3. The van der Waals surface area contributed by atoms with E-state index in [1.54, 1.807) is 18.2 Å². The Labute approximate surface area is 169 Å². The third-order valence-corrected chi connectivity index (χ3v) is 6.83. The molecule has 8 nitrogen and oxygen atoms in total. The topological polar surface area (TPSA) is 115 Å². The molecular formula is C20H24N2O6S. The molecule has 0 unspecified atom stereocenters. The molecule has 1 aliphatic heterocycles. The molecule has 1 saturated heterocycles. The van der Waals surface area contributed by atoms with Gasteiger partial charge < -0.3 is 19.8 Å². The molecule has 1 aromatic carbocycles. The average molecular weight is 420 g/mol. The smallest absolute Gasteiger partial charge is 0.309 e. The van der Waals surface area contributed by atoms with Crippen LogP contribution in [0.4, 0.5) is 0 Å². The number of hydrogen-bond donors (Lipinski definition) is 2. The molecule has 9 heteroatoms. The number of benzene rings is 1. The van der Waals surface area contributed by atoms with Gasteiger partial charge >= 0.3 is 11.8 Å².